The summed E-state index contributed by atoms with van der Waals surface area (Å²) in [6.45, 7) is 8.58. The van der Waals surface area contributed by atoms with Crippen molar-refractivity contribution in [3.05, 3.63) is 35.4 Å². The van der Waals surface area contributed by atoms with E-state index in [2.05, 4.69) is 46.7 Å². The molecule has 0 aliphatic carbocycles. The van der Waals surface area contributed by atoms with Gasteiger partial charge in [0.25, 0.3) is 0 Å². The lowest BCUT2D eigenvalue weighted by Crippen LogP contribution is -2.33. The average molecular weight is 358 g/mol. The van der Waals surface area contributed by atoms with Gasteiger partial charge >= 0.3 is 0 Å². The standard InChI is InChI=1S/C22H35N3O/c1-18(21-9-11-23-12-10-21)15-22(26)24-16-19-5-7-20(8-6-19)17-25-13-3-2-4-14-25/h5-8,18,21,23H,2-4,9-17H2,1H3,(H,24,26). The summed E-state index contributed by atoms with van der Waals surface area (Å²) in [4.78, 5) is 14.8. The van der Waals surface area contributed by atoms with Crippen molar-refractivity contribution in [2.75, 3.05) is 26.2 Å². The lowest BCUT2D eigenvalue weighted by atomic mass is 9.84. The van der Waals surface area contributed by atoms with Crippen LogP contribution in [0.2, 0.25) is 0 Å². The lowest BCUT2D eigenvalue weighted by Gasteiger charge is -2.27. The highest BCUT2D eigenvalue weighted by molar-refractivity contribution is 5.76. The van der Waals surface area contributed by atoms with Gasteiger partial charge in [0.05, 0.1) is 0 Å². The molecule has 2 fully saturated rings. The van der Waals surface area contributed by atoms with E-state index in [4.69, 9.17) is 0 Å². The smallest absolute Gasteiger partial charge is 0.220 e. The van der Waals surface area contributed by atoms with Gasteiger partial charge in [0.1, 0.15) is 0 Å². The maximum atomic E-state index is 12.3. The van der Waals surface area contributed by atoms with E-state index in [0.29, 0.717) is 24.8 Å². The van der Waals surface area contributed by atoms with Crippen LogP contribution in [0.15, 0.2) is 24.3 Å². The molecule has 1 unspecified atom stereocenters. The SMILES string of the molecule is CC(CC(=O)NCc1ccc(CN2CCCCC2)cc1)C1CCNCC1. The Labute approximate surface area is 158 Å². The zero-order chi connectivity index (χ0) is 18.2. The van der Waals surface area contributed by atoms with E-state index in [1.165, 1.54) is 56.3 Å². The predicted octanol–water partition coefficient (Wildman–Crippen LogP) is 3.31. The molecule has 2 aliphatic rings. The van der Waals surface area contributed by atoms with Crippen LogP contribution in [0, 0.1) is 11.8 Å². The van der Waals surface area contributed by atoms with E-state index in [-0.39, 0.29) is 5.91 Å². The summed E-state index contributed by atoms with van der Waals surface area (Å²) in [5.74, 6) is 1.36. The van der Waals surface area contributed by atoms with Crippen molar-refractivity contribution < 1.29 is 4.79 Å². The van der Waals surface area contributed by atoms with E-state index in [9.17, 15) is 4.79 Å². The van der Waals surface area contributed by atoms with Gasteiger partial charge in [-0.1, -0.05) is 37.6 Å². The van der Waals surface area contributed by atoms with Crippen molar-refractivity contribution in [1.29, 1.82) is 0 Å². The maximum Gasteiger partial charge on any atom is 0.220 e. The molecule has 4 nitrogen and oxygen atoms in total. The molecule has 2 heterocycles. The van der Waals surface area contributed by atoms with Gasteiger partial charge in [0.2, 0.25) is 5.91 Å². The van der Waals surface area contributed by atoms with E-state index in [0.717, 1.165) is 19.6 Å². The minimum absolute atomic E-state index is 0.188. The largest absolute Gasteiger partial charge is 0.352 e. The quantitative estimate of drug-likeness (QED) is 0.787. The van der Waals surface area contributed by atoms with Crippen molar-refractivity contribution in [3.8, 4) is 0 Å². The number of nitrogens with zero attached hydrogens (tertiary/aromatic N) is 1. The summed E-state index contributed by atoms with van der Waals surface area (Å²) in [5.41, 5.74) is 2.57. The summed E-state index contributed by atoms with van der Waals surface area (Å²) in [6.07, 6.45) is 7.10. The van der Waals surface area contributed by atoms with Crippen molar-refractivity contribution in [3.63, 3.8) is 0 Å². The van der Waals surface area contributed by atoms with Gasteiger partial charge in [-0.2, -0.15) is 0 Å². The van der Waals surface area contributed by atoms with E-state index >= 15 is 0 Å². The molecule has 2 aliphatic heterocycles. The molecule has 4 heteroatoms. The molecule has 2 N–H and O–H groups in total. The molecule has 1 amide bonds. The number of amides is 1. The Morgan fingerprint density at radius 2 is 1.77 bits per heavy atom. The van der Waals surface area contributed by atoms with Gasteiger partial charge in [-0.25, -0.2) is 0 Å². The molecule has 26 heavy (non-hydrogen) atoms. The summed E-state index contributed by atoms with van der Waals surface area (Å²) < 4.78 is 0. The van der Waals surface area contributed by atoms with Crippen molar-refractivity contribution >= 4 is 5.91 Å². The third-order valence-electron chi connectivity index (χ3n) is 6.06. The van der Waals surface area contributed by atoms with Crippen LogP contribution in [-0.4, -0.2) is 37.0 Å². The number of rotatable bonds is 7. The molecule has 2 saturated heterocycles. The normalized spacial score (nSPS) is 20.7. The van der Waals surface area contributed by atoms with Gasteiger partial charge in [-0.05, 0) is 74.8 Å². The van der Waals surface area contributed by atoms with Gasteiger partial charge in [-0.3, -0.25) is 9.69 Å². The number of piperidine rings is 2. The van der Waals surface area contributed by atoms with Crippen LogP contribution in [0.5, 0.6) is 0 Å². The second kappa shape index (κ2) is 10.1. The first-order chi connectivity index (χ1) is 12.7. The Morgan fingerprint density at radius 3 is 2.46 bits per heavy atom. The fourth-order valence-corrected chi connectivity index (χ4v) is 4.28. The summed E-state index contributed by atoms with van der Waals surface area (Å²) in [7, 11) is 0. The van der Waals surface area contributed by atoms with E-state index in [1.54, 1.807) is 0 Å². The number of carbonyl (C=O) groups is 1. The molecule has 0 aromatic heterocycles. The first-order valence-electron chi connectivity index (χ1n) is 10.5. The molecular weight excluding hydrogens is 322 g/mol. The lowest BCUT2D eigenvalue weighted by molar-refractivity contribution is -0.122. The Bertz CT molecular complexity index is 545. The van der Waals surface area contributed by atoms with Crippen LogP contribution >= 0.6 is 0 Å². The Morgan fingerprint density at radius 1 is 1.12 bits per heavy atom. The second-order valence-corrected chi connectivity index (χ2v) is 8.20. The second-order valence-electron chi connectivity index (χ2n) is 8.20. The van der Waals surface area contributed by atoms with Crippen LogP contribution in [0.1, 0.15) is 56.6 Å². The highest BCUT2D eigenvalue weighted by Gasteiger charge is 2.21. The van der Waals surface area contributed by atoms with Crippen molar-refractivity contribution in [1.82, 2.24) is 15.5 Å². The number of hydrogen-bond donors (Lipinski definition) is 2. The zero-order valence-electron chi connectivity index (χ0n) is 16.3. The molecule has 144 valence electrons. The van der Waals surface area contributed by atoms with Crippen LogP contribution in [0.3, 0.4) is 0 Å². The van der Waals surface area contributed by atoms with Crippen LogP contribution in [0.25, 0.3) is 0 Å². The van der Waals surface area contributed by atoms with Gasteiger partial charge < -0.3 is 10.6 Å². The number of nitrogens with one attached hydrogen (secondary N) is 2. The summed E-state index contributed by atoms with van der Waals surface area (Å²) >= 11 is 0. The van der Waals surface area contributed by atoms with Gasteiger partial charge in [0.15, 0.2) is 0 Å². The molecule has 0 bridgehead atoms. The molecule has 1 aromatic carbocycles. The fourth-order valence-electron chi connectivity index (χ4n) is 4.28. The van der Waals surface area contributed by atoms with Gasteiger partial charge in [-0.15, -0.1) is 0 Å². The molecule has 0 saturated carbocycles. The van der Waals surface area contributed by atoms with Gasteiger partial charge in [0, 0.05) is 19.5 Å². The van der Waals surface area contributed by atoms with Crippen LogP contribution < -0.4 is 10.6 Å². The average Bonchev–Trinajstić information content (AvgIpc) is 2.69. The molecular formula is C22H35N3O. The van der Waals surface area contributed by atoms with E-state index in [1.807, 2.05) is 0 Å². The Hall–Kier alpha value is -1.39. The molecule has 0 spiro atoms. The predicted molar refractivity (Wildman–Crippen MR) is 107 cm³/mol. The monoisotopic (exact) mass is 357 g/mol. The topological polar surface area (TPSA) is 44.4 Å². The molecule has 1 atom stereocenters. The highest BCUT2D eigenvalue weighted by atomic mass is 16.1. The first-order valence-corrected chi connectivity index (χ1v) is 10.5. The maximum absolute atomic E-state index is 12.3. The fraction of sp³-hybridized carbons (Fsp3) is 0.682. The third-order valence-corrected chi connectivity index (χ3v) is 6.06. The molecule has 1 aromatic rings. The third kappa shape index (κ3) is 6.10. The zero-order valence-corrected chi connectivity index (χ0v) is 16.3. The molecule has 3 rings (SSSR count). The van der Waals surface area contributed by atoms with E-state index < -0.39 is 0 Å². The van der Waals surface area contributed by atoms with Crippen LogP contribution in [-0.2, 0) is 17.9 Å². The van der Waals surface area contributed by atoms with Crippen molar-refractivity contribution in [2.45, 2.75) is 58.5 Å². The number of hydrogen-bond acceptors (Lipinski definition) is 3. The van der Waals surface area contributed by atoms with Crippen LogP contribution in [0.4, 0.5) is 0 Å². The summed E-state index contributed by atoms with van der Waals surface area (Å²) in [6, 6.07) is 8.76. The number of benzene rings is 1. The van der Waals surface area contributed by atoms with Crippen molar-refractivity contribution in [2.24, 2.45) is 11.8 Å². The minimum Gasteiger partial charge on any atom is -0.352 e. The minimum atomic E-state index is 0.188. The first kappa shape index (κ1) is 19.4. The summed E-state index contributed by atoms with van der Waals surface area (Å²) in [5, 5.41) is 6.50. The number of carbonyl (C=O) groups excluding carboxylic acids is 1. The number of likely N-dealkylation sites (tertiary alicyclic amines) is 1. The molecule has 0 radical (unpaired) electrons. The Kier molecular flexibility index (Phi) is 7.51. The Balaban J connectivity index is 1.38. The highest BCUT2D eigenvalue weighted by Crippen LogP contribution is 2.24.